The topological polar surface area (TPSA) is 94.8 Å². The molecule has 2 atom stereocenters. The highest BCUT2D eigenvalue weighted by Gasteiger charge is 2.22. The second-order valence-corrected chi connectivity index (χ2v) is 13.0. The van der Waals surface area contributed by atoms with E-state index in [0.717, 1.165) is 70.6 Å². The van der Waals surface area contributed by atoms with E-state index < -0.39 is 24.6 Å². The fraction of sp³-hybridized carbons (Fsp3) is 0.756. The molecular formula is C41H72O5. The Morgan fingerprint density at radius 2 is 0.848 bits per heavy atom. The Morgan fingerprint density at radius 3 is 1.28 bits per heavy atom. The van der Waals surface area contributed by atoms with Gasteiger partial charge in [0, 0.05) is 19.3 Å². The molecule has 1 unspecified atom stereocenters. The Hall–Kier alpha value is -1.82. The van der Waals surface area contributed by atoms with Crippen molar-refractivity contribution in [2.45, 2.75) is 192 Å². The molecule has 0 saturated carbocycles. The van der Waals surface area contributed by atoms with Gasteiger partial charge in [0.05, 0.1) is 6.61 Å². The van der Waals surface area contributed by atoms with Gasteiger partial charge in [-0.15, -0.1) is 0 Å². The van der Waals surface area contributed by atoms with Gasteiger partial charge in [-0.1, -0.05) is 152 Å². The van der Waals surface area contributed by atoms with Crippen molar-refractivity contribution in [1.82, 2.24) is 0 Å². The number of carbonyl (C=O) groups is 2. The number of allylic oxidation sites excluding steroid dienone is 8. The predicted molar refractivity (Wildman–Crippen MR) is 196 cm³/mol. The lowest BCUT2D eigenvalue weighted by Gasteiger charge is -2.13. The maximum atomic E-state index is 12.2. The van der Waals surface area contributed by atoms with Gasteiger partial charge >= 0.3 is 0 Å². The lowest BCUT2D eigenvalue weighted by atomic mass is 10.0. The molecule has 0 radical (unpaired) electrons. The first-order valence-corrected chi connectivity index (χ1v) is 19.1. The summed E-state index contributed by atoms with van der Waals surface area (Å²) in [5, 5.41) is 27.5. The first-order valence-electron chi connectivity index (χ1n) is 19.1. The van der Waals surface area contributed by atoms with Gasteiger partial charge in [0.15, 0.2) is 5.78 Å². The van der Waals surface area contributed by atoms with Gasteiger partial charge in [-0.05, 0) is 57.8 Å². The summed E-state index contributed by atoms with van der Waals surface area (Å²) < 4.78 is 0. The van der Waals surface area contributed by atoms with Crippen LogP contribution in [0.25, 0.3) is 0 Å². The third-order valence-electron chi connectivity index (χ3n) is 8.54. The van der Waals surface area contributed by atoms with Crippen LogP contribution in [0.1, 0.15) is 180 Å². The van der Waals surface area contributed by atoms with Crippen LogP contribution in [0.4, 0.5) is 0 Å². The quantitative estimate of drug-likeness (QED) is 0.0471. The molecule has 0 fully saturated rings. The summed E-state index contributed by atoms with van der Waals surface area (Å²) >= 11 is 0. The minimum Gasteiger partial charge on any atom is -0.394 e. The molecule has 0 bridgehead atoms. The Morgan fingerprint density at radius 1 is 0.478 bits per heavy atom. The third kappa shape index (κ3) is 32.1. The maximum Gasteiger partial charge on any atom is 0.164 e. The summed E-state index contributed by atoms with van der Waals surface area (Å²) in [5.74, 6) is 0.0309. The van der Waals surface area contributed by atoms with Gasteiger partial charge in [-0.3, -0.25) is 9.59 Å². The lowest BCUT2D eigenvalue weighted by molar-refractivity contribution is -0.134. The Kier molecular flexibility index (Phi) is 34.6. The van der Waals surface area contributed by atoms with Crippen molar-refractivity contribution in [3.63, 3.8) is 0 Å². The smallest absolute Gasteiger partial charge is 0.164 e. The van der Waals surface area contributed by atoms with Crippen LogP contribution in [-0.4, -0.2) is 45.7 Å². The zero-order valence-corrected chi connectivity index (χ0v) is 29.7. The molecule has 3 N–H and O–H groups in total. The summed E-state index contributed by atoms with van der Waals surface area (Å²) in [5.41, 5.74) is 0. The van der Waals surface area contributed by atoms with Crippen molar-refractivity contribution in [1.29, 1.82) is 0 Å². The van der Waals surface area contributed by atoms with Crippen LogP contribution in [0.2, 0.25) is 0 Å². The fourth-order valence-electron chi connectivity index (χ4n) is 5.48. The second-order valence-electron chi connectivity index (χ2n) is 13.0. The molecule has 5 nitrogen and oxygen atoms in total. The Balaban J connectivity index is 3.45. The Labute approximate surface area is 283 Å². The minimum atomic E-state index is -1.49. The van der Waals surface area contributed by atoms with Crippen LogP contribution < -0.4 is 0 Å². The third-order valence-corrected chi connectivity index (χ3v) is 8.54. The van der Waals surface area contributed by atoms with Crippen molar-refractivity contribution in [3.8, 4) is 0 Å². The van der Waals surface area contributed by atoms with Crippen LogP contribution in [-0.2, 0) is 9.59 Å². The van der Waals surface area contributed by atoms with Crippen molar-refractivity contribution in [3.05, 3.63) is 48.6 Å². The SMILES string of the molecule is CCCCCCCCCCCCCCCCCC(=O)CCCCC/C=C\C/C=C\C/C=C\C/C=C\CCCC(=O)C(O)[C@@H](O)CO. The average molecular weight is 645 g/mol. The zero-order valence-electron chi connectivity index (χ0n) is 29.7. The van der Waals surface area contributed by atoms with Gasteiger partial charge in [0.25, 0.3) is 0 Å². The van der Waals surface area contributed by atoms with E-state index in [1.165, 1.54) is 89.9 Å². The molecule has 0 aliphatic carbocycles. The van der Waals surface area contributed by atoms with E-state index in [9.17, 15) is 19.8 Å². The number of Topliss-reactive ketones (excluding diaryl/α,β-unsaturated/α-hetero) is 2. The highest BCUT2D eigenvalue weighted by molar-refractivity contribution is 5.83. The molecule has 0 amide bonds. The van der Waals surface area contributed by atoms with Crippen LogP contribution >= 0.6 is 0 Å². The van der Waals surface area contributed by atoms with E-state index in [2.05, 4.69) is 49.5 Å². The molecule has 0 aromatic heterocycles. The molecule has 46 heavy (non-hydrogen) atoms. The fourth-order valence-corrected chi connectivity index (χ4v) is 5.48. The molecule has 0 aromatic carbocycles. The van der Waals surface area contributed by atoms with Gasteiger partial charge in [-0.2, -0.15) is 0 Å². The summed E-state index contributed by atoms with van der Waals surface area (Å²) in [7, 11) is 0. The van der Waals surface area contributed by atoms with Crippen LogP contribution in [0, 0.1) is 0 Å². The van der Waals surface area contributed by atoms with E-state index in [0.29, 0.717) is 12.2 Å². The van der Waals surface area contributed by atoms with Crippen molar-refractivity contribution < 1.29 is 24.9 Å². The molecule has 0 aromatic rings. The number of hydrogen-bond acceptors (Lipinski definition) is 5. The monoisotopic (exact) mass is 645 g/mol. The summed E-state index contributed by atoms with van der Waals surface area (Å²) in [6.45, 7) is 1.67. The molecule has 266 valence electrons. The number of ketones is 2. The van der Waals surface area contributed by atoms with E-state index in [1.54, 1.807) is 0 Å². The van der Waals surface area contributed by atoms with Gasteiger partial charge in [0.2, 0.25) is 0 Å². The Bertz CT molecular complexity index is 797. The molecule has 0 saturated heterocycles. The number of aliphatic hydroxyl groups excluding tert-OH is 3. The number of carbonyl (C=O) groups excluding carboxylic acids is 2. The maximum absolute atomic E-state index is 12.2. The van der Waals surface area contributed by atoms with Crippen LogP contribution in [0.15, 0.2) is 48.6 Å². The normalized spacial score (nSPS) is 13.6. The standard InChI is InChI=1S/C41H72O5/c1-2-3-4-5-6-7-8-9-13-16-19-22-25-28-31-34-38(43)35-32-29-26-23-20-17-14-11-10-12-15-18-21-24-27-30-33-36-39(44)41(46)40(45)37-42/h10-11,15,17-18,20,24,27,40-42,45-46H,2-9,12-14,16,19,21-23,25-26,28-37H2,1H3/b11-10-,18-15-,20-17-,27-24-/t40-,41?/m0/s1. The molecule has 0 aliphatic rings. The van der Waals surface area contributed by atoms with E-state index in [1.807, 2.05) is 6.08 Å². The van der Waals surface area contributed by atoms with Crippen molar-refractivity contribution in [2.75, 3.05) is 6.61 Å². The van der Waals surface area contributed by atoms with Crippen LogP contribution in [0.3, 0.4) is 0 Å². The van der Waals surface area contributed by atoms with Crippen molar-refractivity contribution in [2.24, 2.45) is 0 Å². The predicted octanol–water partition coefficient (Wildman–Crippen LogP) is 10.6. The lowest BCUT2D eigenvalue weighted by Crippen LogP contribution is -2.36. The molecule has 0 spiro atoms. The molecule has 5 heteroatoms. The summed E-state index contributed by atoms with van der Waals surface area (Å²) in [6.07, 6.45) is 44.9. The van der Waals surface area contributed by atoms with E-state index in [4.69, 9.17) is 5.11 Å². The highest BCUT2D eigenvalue weighted by Crippen LogP contribution is 2.14. The largest absolute Gasteiger partial charge is 0.394 e. The first kappa shape index (κ1) is 44.2. The molecular weight excluding hydrogens is 572 g/mol. The molecule has 0 aliphatic heterocycles. The van der Waals surface area contributed by atoms with E-state index >= 15 is 0 Å². The number of rotatable bonds is 35. The van der Waals surface area contributed by atoms with Gasteiger partial charge < -0.3 is 15.3 Å². The zero-order chi connectivity index (χ0) is 33.8. The summed E-state index contributed by atoms with van der Waals surface area (Å²) in [6, 6.07) is 0. The van der Waals surface area contributed by atoms with Crippen molar-refractivity contribution >= 4 is 11.6 Å². The number of unbranched alkanes of at least 4 members (excludes halogenated alkanes) is 18. The minimum absolute atomic E-state index is 0.193. The van der Waals surface area contributed by atoms with E-state index in [-0.39, 0.29) is 6.42 Å². The van der Waals surface area contributed by atoms with Gasteiger partial charge in [-0.25, -0.2) is 0 Å². The molecule has 0 rings (SSSR count). The average Bonchev–Trinajstić information content (AvgIpc) is 3.06. The molecule has 0 heterocycles. The second kappa shape index (κ2) is 36.0. The first-order chi connectivity index (χ1) is 22.5. The number of aliphatic hydroxyl groups is 3. The van der Waals surface area contributed by atoms with Crippen LogP contribution in [0.5, 0.6) is 0 Å². The summed E-state index contributed by atoms with van der Waals surface area (Å²) in [4.78, 5) is 23.8. The number of hydrogen-bond donors (Lipinski definition) is 3. The highest BCUT2D eigenvalue weighted by atomic mass is 16.4. The van der Waals surface area contributed by atoms with Gasteiger partial charge in [0.1, 0.15) is 18.0 Å².